The fourth-order valence-electron chi connectivity index (χ4n) is 2.04. The van der Waals surface area contributed by atoms with Gasteiger partial charge in [-0.25, -0.2) is 0 Å². The molecule has 1 aromatic rings. The number of nitrogens with two attached hydrogens (primary N) is 1. The molecule has 0 saturated carbocycles. The summed E-state index contributed by atoms with van der Waals surface area (Å²) < 4.78 is 56.0. The normalized spacial score (nSPS) is 14.8. The van der Waals surface area contributed by atoms with Gasteiger partial charge in [0, 0.05) is 0 Å². The minimum Gasteiger partial charge on any atom is -0.460 e. The largest absolute Gasteiger partial charge is 0.460 e. The second kappa shape index (κ2) is 9.38. The van der Waals surface area contributed by atoms with E-state index in [2.05, 4.69) is 0 Å². The van der Waals surface area contributed by atoms with Crippen molar-refractivity contribution in [2.45, 2.75) is 39.1 Å². The molecule has 1 rings (SSSR count). The van der Waals surface area contributed by atoms with E-state index >= 15 is 0 Å². The summed E-state index contributed by atoms with van der Waals surface area (Å²) in [5, 5.41) is 0. The maximum atomic E-state index is 14.6. The van der Waals surface area contributed by atoms with Crippen molar-refractivity contribution < 1.29 is 31.9 Å². The van der Waals surface area contributed by atoms with E-state index in [1.54, 1.807) is 30.3 Å². The molecule has 9 heteroatoms. The average Bonchev–Trinajstić information content (AvgIpc) is 2.59. The van der Waals surface area contributed by atoms with Crippen LogP contribution in [0.1, 0.15) is 26.3 Å². The van der Waals surface area contributed by atoms with Gasteiger partial charge in [0.25, 0.3) is 0 Å². The van der Waals surface area contributed by atoms with Gasteiger partial charge in [-0.15, -0.1) is 0 Å². The highest BCUT2D eigenvalue weighted by Crippen LogP contribution is 2.65. The van der Waals surface area contributed by atoms with E-state index in [9.17, 15) is 18.1 Å². The minimum absolute atomic E-state index is 0.0970. The second-order valence-electron chi connectivity index (χ2n) is 5.33. The van der Waals surface area contributed by atoms with Crippen LogP contribution < -0.4 is 5.73 Å². The number of rotatable bonds is 10. The summed E-state index contributed by atoms with van der Waals surface area (Å²) in [6.45, 7) is 3.29. The monoisotopic (exact) mass is 379 g/mol. The van der Waals surface area contributed by atoms with Gasteiger partial charge in [-0.3, -0.25) is 9.36 Å². The molecule has 0 saturated heterocycles. The van der Waals surface area contributed by atoms with E-state index in [4.69, 9.17) is 19.5 Å². The van der Waals surface area contributed by atoms with Crippen LogP contribution in [-0.2, 0) is 29.8 Å². The Balaban J connectivity index is 2.82. The first kappa shape index (κ1) is 21.7. The number of carbonyl (C=O) groups is 1. The Morgan fingerprint density at radius 2 is 1.72 bits per heavy atom. The number of halogens is 2. The predicted molar refractivity (Wildman–Crippen MR) is 89.2 cm³/mol. The maximum Gasteiger partial charge on any atom is 0.399 e. The zero-order valence-corrected chi connectivity index (χ0v) is 15.4. The van der Waals surface area contributed by atoms with Gasteiger partial charge in [0.15, 0.2) is 0 Å². The van der Waals surface area contributed by atoms with Gasteiger partial charge in [-0.1, -0.05) is 37.3 Å². The second-order valence-corrected chi connectivity index (χ2v) is 7.44. The first-order valence-corrected chi connectivity index (χ1v) is 9.47. The first-order chi connectivity index (χ1) is 11.7. The number of carbonyl (C=O) groups excluding carboxylic acids is 1. The van der Waals surface area contributed by atoms with Crippen molar-refractivity contribution in [1.29, 1.82) is 0 Å². The number of hydrogen-bond acceptors (Lipinski definition) is 6. The van der Waals surface area contributed by atoms with Crippen LogP contribution in [0.2, 0.25) is 0 Å². The molecule has 0 fully saturated rings. The Hall–Kier alpha value is -1.34. The van der Waals surface area contributed by atoms with E-state index in [1.807, 2.05) is 0 Å². The molecule has 2 atom stereocenters. The Morgan fingerprint density at radius 3 is 2.20 bits per heavy atom. The van der Waals surface area contributed by atoms with Crippen molar-refractivity contribution >= 4 is 13.6 Å². The third-order valence-corrected chi connectivity index (χ3v) is 5.88. The number of ether oxygens (including phenoxy) is 1. The topological polar surface area (TPSA) is 87.9 Å². The maximum absolute atomic E-state index is 14.6. The molecule has 25 heavy (non-hydrogen) atoms. The van der Waals surface area contributed by atoms with Gasteiger partial charge in [0.2, 0.25) is 0 Å². The Morgan fingerprint density at radius 1 is 1.20 bits per heavy atom. The lowest BCUT2D eigenvalue weighted by Crippen LogP contribution is -2.46. The van der Waals surface area contributed by atoms with E-state index in [-0.39, 0.29) is 19.8 Å². The van der Waals surface area contributed by atoms with Crippen LogP contribution in [0.4, 0.5) is 8.78 Å². The Bertz CT molecular complexity index is 589. The zero-order chi connectivity index (χ0) is 19.1. The molecular formula is C16H24F2NO5P. The van der Waals surface area contributed by atoms with Crippen LogP contribution >= 0.6 is 7.60 Å². The third kappa shape index (κ3) is 5.31. The van der Waals surface area contributed by atoms with Crippen molar-refractivity contribution in [2.24, 2.45) is 11.7 Å². The minimum atomic E-state index is -4.77. The molecule has 0 radical (unpaired) electrons. The SMILES string of the molecule is CCOP(=O)(OCC)C(F)(F)[C@@H](C)[C@@H](N)C(=O)OCc1ccccc1. The summed E-state index contributed by atoms with van der Waals surface area (Å²) in [6.07, 6.45) is 0. The van der Waals surface area contributed by atoms with Crippen LogP contribution in [0.3, 0.4) is 0 Å². The number of hydrogen-bond donors (Lipinski definition) is 1. The smallest absolute Gasteiger partial charge is 0.399 e. The lowest BCUT2D eigenvalue weighted by Gasteiger charge is -2.32. The lowest BCUT2D eigenvalue weighted by atomic mass is 10.0. The van der Waals surface area contributed by atoms with Crippen LogP contribution in [0.25, 0.3) is 0 Å². The summed E-state index contributed by atoms with van der Waals surface area (Å²) in [5.41, 5.74) is 2.36. The zero-order valence-electron chi connectivity index (χ0n) is 14.5. The van der Waals surface area contributed by atoms with E-state index < -0.39 is 31.2 Å². The molecule has 0 aromatic heterocycles. The number of alkyl halides is 2. The molecule has 0 spiro atoms. The molecule has 2 N–H and O–H groups in total. The molecule has 1 aromatic carbocycles. The molecule has 142 valence electrons. The quantitative estimate of drug-likeness (QED) is 0.494. The Labute approximate surface area is 146 Å². The van der Waals surface area contributed by atoms with Gasteiger partial charge < -0.3 is 19.5 Å². The van der Waals surface area contributed by atoms with Crippen LogP contribution in [0.5, 0.6) is 0 Å². The van der Waals surface area contributed by atoms with Gasteiger partial charge in [-0.2, -0.15) is 8.78 Å². The highest BCUT2D eigenvalue weighted by atomic mass is 31.2. The summed E-state index contributed by atoms with van der Waals surface area (Å²) in [7, 11) is -4.77. The van der Waals surface area contributed by atoms with Crippen LogP contribution in [0.15, 0.2) is 30.3 Å². The van der Waals surface area contributed by atoms with Gasteiger partial charge in [0.05, 0.1) is 19.1 Å². The van der Waals surface area contributed by atoms with Gasteiger partial charge >= 0.3 is 19.2 Å². The predicted octanol–water partition coefficient (Wildman–Crippen LogP) is 3.55. The average molecular weight is 379 g/mol. The molecule has 0 aliphatic heterocycles. The third-order valence-electron chi connectivity index (χ3n) is 3.55. The van der Waals surface area contributed by atoms with E-state index in [1.165, 1.54) is 13.8 Å². The molecule has 0 heterocycles. The van der Waals surface area contributed by atoms with E-state index in [0.717, 1.165) is 6.92 Å². The first-order valence-electron chi connectivity index (χ1n) is 7.92. The van der Waals surface area contributed by atoms with Gasteiger partial charge in [0.1, 0.15) is 12.6 Å². The summed E-state index contributed by atoms with van der Waals surface area (Å²) in [6, 6.07) is 7.04. The molecule has 0 unspecified atom stereocenters. The molecular weight excluding hydrogens is 355 g/mol. The number of benzene rings is 1. The molecule has 0 aliphatic rings. The molecule has 0 aliphatic carbocycles. The van der Waals surface area contributed by atoms with E-state index in [0.29, 0.717) is 5.56 Å². The van der Waals surface area contributed by atoms with Crippen LogP contribution in [0, 0.1) is 5.92 Å². The molecule has 6 nitrogen and oxygen atoms in total. The van der Waals surface area contributed by atoms with Crippen LogP contribution in [-0.4, -0.2) is 30.9 Å². The van der Waals surface area contributed by atoms with Crippen molar-refractivity contribution in [3.8, 4) is 0 Å². The number of esters is 1. The standard InChI is InChI=1S/C16H24F2NO5P/c1-4-23-25(21,24-5-2)16(17,18)12(3)14(19)15(20)22-11-13-9-7-6-8-10-13/h6-10,12,14H,4-5,11,19H2,1-3H3/t12-,14+/m0/s1. The summed E-state index contributed by atoms with van der Waals surface area (Å²) >= 11 is 0. The summed E-state index contributed by atoms with van der Waals surface area (Å²) in [5.74, 6) is -2.82. The van der Waals surface area contributed by atoms with Crippen molar-refractivity contribution in [2.75, 3.05) is 13.2 Å². The van der Waals surface area contributed by atoms with Crippen molar-refractivity contribution in [3.05, 3.63) is 35.9 Å². The lowest BCUT2D eigenvalue weighted by molar-refractivity contribution is -0.150. The highest BCUT2D eigenvalue weighted by molar-refractivity contribution is 7.55. The highest BCUT2D eigenvalue weighted by Gasteiger charge is 2.59. The molecule has 0 bridgehead atoms. The fourth-order valence-corrected chi connectivity index (χ4v) is 3.80. The van der Waals surface area contributed by atoms with Crippen molar-refractivity contribution in [3.63, 3.8) is 0 Å². The summed E-state index contributed by atoms with van der Waals surface area (Å²) in [4.78, 5) is 12.0. The molecule has 0 amide bonds. The Kier molecular flexibility index (Phi) is 8.15. The fraction of sp³-hybridized carbons (Fsp3) is 0.562. The van der Waals surface area contributed by atoms with Crippen molar-refractivity contribution in [1.82, 2.24) is 0 Å². The van der Waals surface area contributed by atoms with Gasteiger partial charge in [-0.05, 0) is 19.4 Å².